The second-order valence-electron chi connectivity index (χ2n) is 14.8. The largest absolute Gasteiger partial charge is 0.481 e. The van der Waals surface area contributed by atoms with Gasteiger partial charge in [-0.15, -0.1) is 0 Å². The molecule has 0 saturated carbocycles. The third-order valence-corrected chi connectivity index (χ3v) is 9.32. The lowest BCUT2D eigenvalue weighted by molar-refractivity contribution is -0.158. The predicted octanol–water partition coefficient (Wildman–Crippen LogP) is 6.79. The van der Waals surface area contributed by atoms with E-state index in [4.69, 9.17) is 19.3 Å². The zero-order chi connectivity index (χ0) is 42.3. The first-order valence-electron chi connectivity index (χ1n) is 18.5. The molecule has 1 aromatic carbocycles. The third-order valence-electron chi connectivity index (χ3n) is 9.32. The number of carboxylic acid groups (broad SMARTS) is 1. The van der Waals surface area contributed by atoms with E-state index in [1.165, 1.54) is 12.0 Å². The third kappa shape index (κ3) is 19.3. The number of benzene rings is 1. The van der Waals surface area contributed by atoms with Gasteiger partial charge in [0.15, 0.2) is 0 Å². The van der Waals surface area contributed by atoms with Crippen LogP contribution in [0.5, 0.6) is 0 Å². The Morgan fingerprint density at radius 1 is 0.778 bits per heavy atom. The predicted molar refractivity (Wildman–Crippen MR) is 207 cm³/mol. The molecule has 1 aromatic rings. The summed E-state index contributed by atoms with van der Waals surface area (Å²) in [5.74, 6) is -2.23. The molecule has 308 valence electrons. The van der Waals surface area contributed by atoms with Crippen molar-refractivity contribution >= 4 is 41.4 Å². The van der Waals surface area contributed by atoms with Crippen molar-refractivity contribution in [1.29, 1.82) is 0 Å². The molecule has 2 amide bonds. The number of carboxylic acids is 1. The number of aliphatic hydroxyl groups excluding tert-OH is 1. The molecule has 1 heterocycles. The summed E-state index contributed by atoms with van der Waals surface area (Å²) in [6.45, 7) is 24.2. The number of carbonyl (C=O) groups is 6. The average Bonchev–Trinajstić information content (AvgIpc) is 3.35. The van der Waals surface area contributed by atoms with Gasteiger partial charge in [0.1, 0.15) is 12.7 Å². The van der Waals surface area contributed by atoms with Crippen molar-refractivity contribution in [3.63, 3.8) is 0 Å². The zero-order valence-corrected chi connectivity index (χ0v) is 34.7. The molecule has 13 heteroatoms. The van der Waals surface area contributed by atoms with Crippen LogP contribution in [0.2, 0.25) is 0 Å². The summed E-state index contributed by atoms with van der Waals surface area (Å²) in [6, 6.07) is 9.07. The highest BCUT2D eigenvalue weighted by molar-refractivity contribution is 6.21. The molecule has 2 N–H and O–H groups in total. The highest BCUT2D eigenvalue weighted by Crippen LogP contribution is 2.30. The van der Waals surface area contributed by atoms with Gasteiger partial charge in [0.25, 0.3) is 0 Å². The average molecular weight is 766 g/mol. The molecular formula is C41H67NO12. The monoisotopic (exact) mass is 765 g/mol. The number of ether oxygens (including phenoxy) is 4. The molecule has 1 saturated heterocycles. The fourth-order valence-electron chi connectivity index (χ4n) is 3.66. The van der Waals surface area contributed by atoms with Gasteiger partial charge >= 0.3 is 23.9 Å². The summed E-state index contributed by atoms with van der Waals surface area (Å²) in [6.07, 6.45) is 3.84. The molecule has 1 aliphatic rings. The van der Waals surface area contributed by atoms with E-state index >= 15 is 0 Å². The first-order valence-corrected chi connectivity index (χ1v) is 18.5. The van der Waals surface area contributed by atoms with E-state index in [1.54, 1.807) is 53.7 Å². The Hall–Kier alpha value is -4.10. The molecule has 2 rings (SSSR count). The number of carbonyl (C=O) groups excluding carboxylic acids is 5. The van der Waals surface area contributed by atoms with Crippen LogP contribution < -0.4 is 4.90 Å². The number of para-hydroxylation sites is 1. The number of methoxy groups -OCH3 is 1. The van der Waals surface area contributed by atoms with Crippen LogP contribution >= 0.6 is 0 Å². The smallest absolute Gasteiger partial charge is 0.330 e. The Morgan fingerprint density at radius 2 is 1.24 bits per heavy atom. The molecular weight excluding hydrogens is 698 g/mol. The van der Waals surface area contributed by atoms with Crippen molar-refractivity contribution in [2.45, 2.75) is 114 Å². The van der Waals surface area contributed by atoms with Gasteiger partial charge in [-0.3, -0.25) is 28.9 Å². The molecule has 3 unspecified atom stereocenters. The Kier molecular flexibility index (Phi) is 24.9. The van der Waals surface area contributed by atoms with Crippen LogP contribution in [0.15, 0.2) is 43.0 Å². The van der Waals surface area contributed by atoms with Crippen LogP contribution in [-0.4, -0.2) is 85.5 Å². The van der Waals surface area contributed by atoms with Crippen LogP contribution in [0.4, 0.5) is 5.69 Å². The van der Waals surface area contributed by atoms with Crippen molar-refractivity contribution in [2.24, 2.45) is 28.1 Å². The van der Waals surface area contributed by atoms with Gasteiger partial charge in [-0.25, -0.2) is 4.79 Å². The van der Waals surface area contributed by atoms with Crippen LogP contribution in [-0.2, 0) is 47.7 Å². The van der Waals surface area contributed by atoms with Crippen LogP contribution in [0.1, 0.15) is 108 Å². The molecule has 54 heavy (non-hydrogen) atoms. The summed E-state index contributed by atoms with van der Waals surface area (Å²) < 4.78 is 19.7. The maximum Gasteiger partial charge on any atom is 0.330 e. The van der Waals surface area contributed by atoms with E-state index in [0.29, 0.717) is 44.6 Å². The highest BCUT2D eigenvalue weighted by atomic mass is 16.6. The molecule has 1 fully saturated rings. The van der Waals surface area contributed by atoms with Crippen LogP contribution in [0.25, 0.3) is 0 Å². The number of esters is 3. The van der Waals surface area contributed by atoms with E-state index in [9.17, 15) is 33.9 Å². The number of rotatable bonds is 17. The van der Waals surface area contributed by atoms with Gasteiger partial charge in [0, 0.05) is 24.5 Å². The topological polar surface area (TPSA) is 183 Å². The summed E-state index contributed by atoms with van der Waals surface area (Å²) in [7, 11) is 1.42. The Labute approximate surface area is 322 Å². The highest BCUT2D eigenvalue weighted by Gasteiger charge is 2.42. The number of nitrogens with zero attached hydrogens (tertiary/aromatic N) is 1. The second-order valence-corrected chi connectivity index (χ2v) is 14.8. The molecule has 1 aliphatic heterocycles. The fraction of sp³-hybridized carbons (Fsp3) is 0.659. The van der Waals surface area contributed by atoms with Gasteiger partial charge in [0.05, 0.1) is 42.3 Å². The van der Waals surface area contributed by atoms with Gasteiger partial charge < -0.3 is 29.2 Å². The number of imide groups is 1. The van der Waals surface area contributed by atoms with Crippen molar-refractivity contribution in [3.8, 4) is 0 Å². The normalized spacial score (nSPS) is 15.9. The maximum absolute atomic E-state index is 11.8. The van der Waals surface area contributed by atoms with Gasteiger partial charge in [-0.2, -0.15) is 0 Å². The minimum absolute atomic E-state index is 0.0702. The van der Waals surface area contributed by atoms with E-state index in [1.807, 2.05) is 52.8 Å². The molecule has 0 radical (unpaired) electrons. The lowest BCUT2D eigenvalue weighted by Crippen LogP contribution is -2.30. The number of aliphatic hydroxyl groups is 1. The minimum Gasteiger partial charge on any atom is -0.481 e. The van der Waals surface area contributed by atoms with E-state index in [-0.39, 0.29) is 54.2 Å². The minimum atomic E-state index is -0.838. The first-order chi connectivity index (χ1) is 25.0. The standard InChI is InChI=1S/C16H28O6.C12H13NO2.C7H14O2.C6H12O2/c1-5-14(18)21-10-8-7-9-20-11-13(17)12-22-15(19)16(3,4)6-2;1-8-9(2)12(15)13(11(8)14)10-6-4-3-5-7-10;1-5-7(2,3)6(8)9-4;1-4-6(2,3)5(7)8/h5,13,17H,1,6-12H2,2-4H3;3-9H,1-2H3;5H2,1-4H3;4H2,1-3H3,(H,7,8). The molecule has 3 atom stereocenters. The number of unbranched alkanes of at least 4 members (excludes halogenated alkanes) is 1. The van der Waals surface area contributed by atoms with Crippen LogP contribution in [0.3, 0.4) is 0 Å². The number of anilines is 1. The molecule has 0 aliphatic carbocycles. The quantitative estimate of drug-likeness (QED) is 0.0558. The van der Waals surface area contributed by atoms with E-state index < -0.39 is 28.9 Å². The van der Waals surface area contributed by atoms with Crippen LogP contribution in [0, 0.1) is 28.1 Å². The van der Waals surface area contributed by atoms with E-state index in [0.717, 1.165) is 12.5 Å². The van der Waals surface area contributed by atoms with Crippen molar-refractivity contribution in [3.05, 3.63) is 43.0 Å². The molecule has 0 spiro atoms. The summed E-state index contributed by atoms with van der Waals surface area (Å²) >= 11 is 0. The van der Waals surface area contributed by atoms with Crippen molar-refractivity contribution in [1.82, 2.24) is 0 Å². The van der Waals surface area contributed by atoms with Gasteiger partial charge in [-0.05, 0) is 85.8 Å². The summed E-state index contributed by atoms with van der Waals surface area (Å²) in [5.41, 5.74) is -0.721. The summed E-state index contributed by atoms with van der Waals surface area (Å²) in [4.78, 5) is 68.5. The number of hydrogen-bond donors (Lipinski definition) is 2. The Bertz CT molecular complexity index is 1300. The molecule has 13 nitrogen and oxygen atoms in total. The fourth-order valence-corrected chi connectivity index (χ4v) is 3.66. The van der Waals surface area contributed by atoms with Gasteiger partial charge in [-0.1, -0.05) is 59.4 Å². The second kappa shape index (κ2) is 25.8. The Balaban J connectivity index is 0. The molecule has 0 bridgehead atoms. The Morgan fingerprint density at radius 3 is 1.63 bits per heavy atom. The SMILES string of the molecule is C=CC(=O)OCCCCOCC(O)COC(=O)C(C)(C)CC.CC1C(=O)N(c2ccccc2)C(=O)C1C.CCC(C)(C)C(=O)O.CCC(C)(C)C(=O)OC. The lowest BCUT2D eigenvalue weighted by Gasteiger charge is -2.21. The summed E-state index contributed by atoms with van der Waals surface area (Å²) in [5, 5.41) is 18.1. The number of hydrogen-bond acceptors (Lipinski definition) is 11. The van der Waals surface area contributed by atoms with Gasteiger partial charge in [0.2, 0.25) is 11.8 Å². The van der Waals surface area contributed by atoms with E-state index in [2.05, 4.69) is 11.3 Å². The zero-order valence-electron chi connectivity index (χ0n) is 34.7. The number of aliphatic carboxylic acids is 1. The van der Waals surface area contributed by atoms with Crippen molar-refractivity contribution < 1.29 is 57.9 Å². The molecule has 0 aromatic heterocycles. The lowest BCUT2D eigenvalue weighted by atomic mass is 9.91. The first kappa shape index (κ1) is 52.0. The number of amides is 2. The maximum atomic E-state index is 11.8. The van der Waals surface area contributed by atoms with Crippen molar-refractivity contribution in [2.75, 3.05) is 38.4 Å².